The molecule has 0 aliphatic heterocycles. The van der Waals surface area contributed by atoms with E-state index in [2.05, 4.69) is 87.9 Å². The first-order chi connectivity index (χ1) is 16.9. The van der Waals surface area contributed by atoms with Crippen LogP contribution in [0.3, 0.4) is 0 Å². The van der Waals surface area contributed by atoms with Gasteiger partial charge in [-0.15, -0.1) is 12.8 Å². The smallest absolute Gasteiger partial charge is 0.0276 e. The molecule has 0 amide bonds. The Labute approximate surface area is 220 Å². The minimum atomic E-state index is 0.586. The molecule has 0 saturated heterocycles. The number of nitrogens with two attached hydrogens (primary N) is 1. The molecule has 4 heteroatoms. The largest absolute Gasteiger partial charge is 0.327 e. The van der Waals surface area contributed by atoms with Gasteiger partial charge < -0.3 is 16.4 Å². The molecule has 0 radical (unpaired) electrons. The summed E-state index contributed by atoms with van der Waals surface area (Å²) in [6.45, 7) is 19.3. The normalized spacial score (nSPS) is 17.1. The number of hydrogen-bond donors (Lipinski definition) is 3. The summed E-state index contributed by atoms with van der Waals surface area (Å²) in [5.74, 6) is 0.767. The van der Waals surface area contributed by atoms with Crippen molar-refractivity contribution in [3.05, 3.63) is 48.6 Å². The maximum Gasteiger partial charge on any atom is 0.0276 e. The van der Waals surface area contributed by atoms with Crippen molar-refractivity contribution >= 4 is 5.71 Å². The number of terminal acetylenes is 1. The molecule has 204 valence electrons. The van der Waals surface area contributed by atoms with Crippen LogP contribution in [0.2, 0.25) is 0 Å². The fraction of sp³-hybridized carbons (Fsp3) is 0.645. The first-order valence-electron chi connectivity index (χ1n) is 13.4. The van der Waals surface area contributed by atoms with Crippen LogP contribution in [0.15, 0.2) is 53.6 Å². The Morgan fingerprint density at radius 2 is 1.83 bits per heavy atom. The third-order valence-electron chi connectivity index (χ3n) is 4.98. The lowest BCUT2D eigenvalue weighted by Crippen LogP contribution is -2.28. The monoisotopic (exact) mass is 488 g/mol. The van der Waals surface area contributed by atoms with E-state index in [-0.39, 0.29) is 0 Å². The van der Waals surface area contributed by atoms with E-state index in [1.54, 1.807) is 0 Å². The fourth-order valence-electron chi connectivity index (χ4n) is 3.29. The molecule has 1 saturated carbocycles. The molecular formula is C31H60N4. The Balaban J connectivity index is -0.000000197. The number of nitrogens with one attached hydrogen (secondary N) is 2. The van der Waals surface area contributed by atoms with Crippen molar-refractivity contribution in [3.63, 3.8) is 0 Å². The van der Waals surface area contributed by atoms with Crippen molar-refractivity contribution < 1.29 is 0 Å². The zero-order valence-corrected chi connectivity index (χ0v) is 24.6. The maximum atomic E-state index is 5.15. The van der Waals surface area contributed by atoms with E-state index in [1.807, 2.05) is 39.2 Å². The van der Waals surface area contributed by atoms with Gasteiger partial charge in [0.25, 0.3) is 0 Å². The Hall–Kier alpha value is -1.93. The third kappa shape index (κ3) is 32.1. The van der Waals surface area contributed by atoms with Crippen molar-refractivity contribution in [2.45, 2.75) is 92.5 Å². The number of nitrogens with zero attached hydrogens (tertiary/aromatic N) is 1. The molecule has 1 aliphatic carbocycles. The van der Waals surface area contributed by atoms with E-state index in [1.165, 1.54) is 49.8 Å². The molecule has 0 heterocycles. The highest BCUT2D eigenvalue weighted by Crippen LogP contribution is 2.20. The zero-order chi connectivity index (χ0) is 27.7. The highest BCUT2D eigenvalue weighted by molar-refractivity contribution is 5.86. The average molecular weight is 489 g/mol. The van der Waals surface area contributed by atoms with E-state index < -0.39 is 0 Å². The molecule has 0 aromatic heterocycles. The Kier molecular flexibility index (Phi) is 42.1. The molecule has 0 aromatic carbocycles. The summed E-state index contributed by atoms with van der Waals surface area (Å²) in [6, 6.07) is 0.586. The second-order valence-corrected chi connectivity index (χ2v) is 8.18. The van der Waals surface area contributed by atoms with Crippen molar-refractivity contribution in [2.75, 3.05) is 33.7 Å². The molecule has 0 aromatic rings. The van der Waals surface area contributed by atoms with Gasteiger partial charge >= 0.3 is 0 Å². The predicted octanol–water partition coefficient (Wildman–Crippen LogP) is 7.11. The average Bonchev–Trinajstić information content (AvgIpc) is 2.87. The molecule has 1 aliphatic rings. The lowest BCUT2D eigenvalue weighted by atomic mass is 9.89. The SMILES string of the molecule is C#C.C=C/C=C(\C=C/C)CC(CC)NCC.CCC.CN=C1CCCCC1C.CNC/C=C\CN. The van der Waals surface area contributed by atoms with E-state index in [4.69, 9.17) is 5.73 Å². The standard InChI is InChI=1S/C13H23N.C8H15N.C5H12N2.C3H8.C2H2/c1-5-9-12(10-6-2)11-13(7-3)14-8-4;1-7-5-3-4-6-8(7)9-2;1-7-5-3-2-4-6;1-3-2;1-2/h5-6,9-10,13-14H,1,7-8,11H2,2-4H3;7H,3-6H2,1-2H3;2-3,7H,4-6H2,1H3;3H2,1-2H3;1-2H/b10-6-,12-9+;;3-2-;;. The minimum absolute atomic E-state index is 0.586. The molecular weight excluding hydrogens is 428 g/mol. The molecule has 1 rings (SSSR count). The fourth-order valence-corrected chi connectivity index (χ4v) is 3.29. The molecule has 0 bridgehead atoms. The van der Waals surface area contributed by atoms with E-state index in [0.717, 1.165) is 25.4 Å². The predicted molar refractivity (Wildman–Crippen MR) is 164 cm³/mol. The summed E-state index contributed by atoms with van der Waals surface area (Å²) >= 11 is 0. The highest BCUT2D eigenvalue weighted by atomic mass is 14.9. The van der Waals surface area contributed by atoms with Crippen molar-refractivity contribution in [1.82, 2.24) is 10.6 Å². The molecule has 35 heavy (non-hydrogen) atoms. The van der Waals surface area contributed by atoms with Crippen molar-refractivity contribution in [1.29, 1.82) is 0 Å². The molecule has 1 fully saturated rings. The Morgan fingerprint density at radius 1 is 1.20 bits per heavy atom. The van der Waals surface area contributed by atoms with E-state index in [9.17, 15) is 0 Å². The highest BCUT2D eigenvalue weighted by Gasteiger charge is 2.13. The lowest BCUT2D eigenvalue weighted by molar-refractivity contribution is 0.512. The number of rotatable bonds is 10. The van der Waals surface area contributed by atoms with Crippen LogP contribution in [0.1, 0.15) is 86.5 Å². The second kappa shape index (κ2) is 36.6. The van der Waals surface area contributed by atoms with Gasteiger partial charge in [-0.25, -0.2) is 0 Å². The van der Waals surface area contributed by atoms with Gasteiger partial charge in [-0.2, -0.15) is 0 Å². The van der Waals surface area contributed by atoms with Crippen LogP contribution in [0.25, 0.3) is 0 Å². The van der Waals surface area contributed by atoms with Gasteiger partial charge in [0.2, 0.25) is 0 Å². The lowest BCUT2D eigenvalue weighted by Gasteiger charge is -2.19. The number of hydrogen-bond acceptors (Lipinski definition) is 4. The summed E-state index contributed by atoms with van der Waals surface area (Å²) in [6.07, 6.45) is 29.0. The quantitative estimate of drug-likeness (QED) is 0.174. The van der Waals surface area contributed by atoms with Gasteiger partial charge in [0.05, 0.1) is 0 Å². The first-order valence-corrected chi connectivity index (χ1v) is 13.4. The van der Waals surface area contributed by atoms with Gasteiger partial charge in [0.1, 0.15) is 0 Å². The number of likely N-dealkylation sites (N-methyl/N-ethyl adjacent to an activating group) is 1. The number of aliphatic imine (C=N–C) groups is 1. The zero-order valence-electron chi connectivity index (χ0n) is 24.6. The van der Waals surface area contributed by atoms with Gasteiger partial charge in [0, 0.05) is 31.9 Å². The minimum Gasteiger partial charge on any atom is -0.327 e. The van der Waals surface area contributed by atoms with Crippen LogP contribution in [-0.2, 0) is 0 Å². The van der Waals surface area contributed by atoms with Crippen LogP contribution >= 0.6 is 0 Å². The third-order valence-corrected chi connectivity index (χ3v) is 4.98. The summed E-state index contributed by atoms with van der Waals surface area (Å²) in [5.41, 5.74) is 7.93. The van der Waals surface area contributed by atoms with Gasteiger partial charge in [-0.05, 0) is 64.1 Å². The van der Waals surface area contributed by atoms with Crippen LogP contribution < -0.4 is 16.4 Å². The topological polar surface area (TPSA) is 62.4 Å². The van der Waals surface area contributed by atoms with Crippen molar-refractivity contribution in [3.8, 4) is 12.8 Å². The van der Waals surface area contributed by atoms with Crippen LogP contribution in [0, 0.1) is 18.8 Å². The molecule has 0 spiro atoms. The number of allylic oxidation sites excluding steroid dienone is 4. The Bertz CT molecular complexity index is 556. The van der Waals surface area contributed by atoms with Crippen molar-refractivity contribution in [2.24, 2.45) is 16.6 Å². The second-order valence-electron chi connectivity index (χ2n) is 8.18. The summed E-state index contributed by atoms with van der Waals surface area (Å²) in [4.78, 5) is 4.25. The van der Waals surface area contributed by atoms with Crippen LogP contribution in [0.4, 0.5) is 0 Å². The molecule has 4 N–H and O–H groups in total. The summed E-state index contributed by atoms with van der Waals surface area (Å²) in [7, 11) is 3.82. The molecule has 2 unspecified atom stereocenters. The first kappa shape index (κ1) is 40.2. The maximum absolute atomic E-state index is 5.15. The molecule has 2 atom stereocenters. The van der Waals surface area contributed by atoms with E-state index >= 15 is 0 Å². The molecule has 4 nitrogen and oxygen atoms in total. The van der Waals surface area contributed by atoms with Gasteiger partial charge in [-0.3, -0.25) is 4.99 Å². The van der Waals surface area contributed by atoms with Gasteiger partial charge in [-0.1, -0.05) is 90.5 Å². The Morgan fingerprint density at radius 3 is 2.20 bits per heavy atom. The van der Waals surface area contributed by atoms with E-state index in [0.29, 0.717) is 12.6 Å². The summed E-state index contributed by atoms with van der Waals surface area (Å²) < 4.78 is 0. The van der Waals surface area contributed by atoms with Crippen LogP contribution in [0.5, 0.6) is 0 Å². The van der Waals surface area contributed by atoms with Gasteiger partial charge in [0.15, 0.2) is 0 Å². The van der Waals surface area contributed by atoms with Crippen LogP contribution in [-0.4, -0.2) is 45.5 Å². The summed E-state index contributed by atoms with van der Waals surface area (Å²) in [5, 5.41) is 6.43.